The Balaban J connectivity index is 1.59. The van der Waals surface area contributed by atoms with Gasteiger partial charge < -0.3 is 9.64 Å². The summed E-state index contributed by atoms with van der Waals surface area (Å²) in [6.45, 7) is 7.26. The number of nitrogens with zero attached hydrogens (tertiary/aromatic N) is 3. The highest BCUT2D eigenvalue weighted by Crippen LogP contribution is 2.23. The second kappa shape index (κ2) is 8.70. The van der Waals surface area contributed by atoms with E-state index < -0.39 is 0 Å². The van der Waals surface area contributed by atoms with Crippen molar-refractivity contribution in [2.24, 2.45) is 0 Å². The molecule has 6 nitrogen and oxygen atoms in total. The fourth-order valence-electron chi connectivity index (χ4n) is 4.55. The molecule has 0 unspecified atom stereocenters. The largest absolute Gasteiger partial charge is 0.378 e. The summed E-state index contributed by atoms with van der Waals surface area (Å²) in [5, 5.41) is 0. The van der Waals surface area contributed by atoms with Crippen LogP contribution in [0, 0.1) is 12.7 Å². The summed E-state index contributed by atoms with van der Waals surface area (Å²) in [6.07, 6.45) is 3.82. The number of rotatable bonds is 4. The van der Waals surface area contributed by atoms with E-state index in [-0.39, 0.29) is 28.9 Å². The molecule has 30 heavy (non-hydrogen) atoms. The first kappa shape index (κ1) is 20.8. The number of amides is 1. The number of pyridine rings is 1. The van der Waals surface area contributed by atoms with Gasteiger partial charge in [-0.3, -0.25) is 19.1 Å². The van der Waals surface area contributed by atoms with Crippen molar-refractivity contribution in [2.75, 3.05) is 32.8 Å². The van der Waals surface area contributed by atoms with Crippen molar-refractivity contribution in [3.63, 3.8) is 0 Å². The standard InChI is InChI=1S/C23H28FN3O3/c1-3-4-19-14-30-15-20-13-25(11-12-26(19)20)22(28)21-16(2)9-10-27(23(21)29)18-7-5-17(24)6-8-18/h5-10,19-20H,3-4,11-15H2,1-2H3/t19-,20+/m0/s1. The number of fused-ring (bicyclic) bond motifs is 1. The molecule has 2 aliphatic rings. The van der Waals surface area contributed by atoms with E-state index >= 15 is 0 Å². The van der Waals surface area contributed by atoms with E-state index in [9.17, 15) is 14.0 Å². The summed E-state index contributed by atoms with van der Waals surface area (Å²) in [6, 6.07) is 8.00. The number of piperazine rings is 1. The van der Waals surface area contributed by atoms with Crippen LogP contribution in [0.25, 0.3) is 5.69 Å². The molecule has 1 amide bonds. The maximum atomic E-state index is 13.4. The molecule has 0 N–H and O–H groups in total. The minimum Gasteiger partial charge on any atom is -0.378 e. The van der Waals surface area contributed by atoms with Gasteiger partial charge >= 0.3 is 0 Å². The number of hydrogen-bond donors (Lipinski definition) is 0. The van der Waals surface area contributed by atoms with E-state index in [0.717, 1.165) is 26.0 Å². The third-order valence-electron chi connectivity index (χ3n) is 6.15. The lowest BCUT2D eigenvalue weighted by molar-refractivity contribution is -0.0776. The molecule has 2 saturated heterocycles. The van der Waals surface area contributed by atoms with Crippen LogP contribution in [0.15, 0.2) is 41.3 Å². The zero-order chi connectivity index (χ0) is 21.3. The summed E-state index contributed by atoms with van der Waals surface area (Å²) < 4.78 is 20.5. The van der Waals surface area contributed by atoms with Crippen LogP contribution in [0.5, 0.6) is 0 Å². The highest BCUT2D eigenvalue weighted by molar-refractivity contribution is 5.95. The van der Waals surface area contributed by atoms with E-state index in [4.69, 9.17) is 4.74 Å². The van der Waals surface area contributed by atoms with Gasteiger partial charge in [0, 0.05) is 37.6 Å². The van der Waals surface area contributed by atoms with Crippen molar-refractivity contribution < 1.29 is 13.9 Å². The average molecular weight is 413 g/mol. The number of ether oxygens (including phenoxy) is 1. The van der Waals surface area contributed by atoms with Gasteiger partial charge in [0.05, 0.1) is 19.3 Å². The third kappa shape index (κ3) is 3.91. The lowest BCUT2D eigenvalue weighted by Gasteiger charge is -2.48. The Kier molecular flexibility index (Phi) is 6.01. The Morgan fingerprint density at radius 3 is 2.67 bits per heavy atom. The van der Waals surface area contributed by atoms with Gasteiger partial charge in [-0.25, -0.2) is 4.39 Å². The van der Waals surface area contributed by atoms with Crippen LogP contribution in [0.2, 0.25) is 0 Å². The monoisotopic (exact) mass is 413 g/mol. The Hall–Kier alpha value is -2.51. The number of benzene rings is 1. The van der Waals surface area contributed by atoms with Gasteiger partial charge in [-0.1, -0.05) is 13.3 Å². The predicted octanol–water partition coefficient (Wildman–Crippen LogP) is 2.61. The molecule has 2 aromatic rings. The fourth-order valence-corrected chi connectivity index (χ4v) is 4.55. The zero-order valence-corrected chi connectivity index (χ0v) is 17.5. The predicted molar refractivity (Wildman–Crippen MR) is 113 cm³/mol. The number of hydrogen-bond acceptors (Lipinski definition) is 4. The SMILES string of the molecule is CCC[C@H]1COC[C@H]2CN(C(=O)c3c(C)ccn(-c4ccc(F)cc4)c3=O)CCN12. The first-order valence-corrected chi connectivity index (χ1v) is 10.6. The number of carbonyl (C=O) groups is 1. The van der Waals surface area contributed by atoms with E-state index in [1.807, 2.05) is 0 Å². The normalized spacial score (nSPS) is 22.0. The maximum absolute atomic E-state index is 13.4. The molecule has 0 aliphatic carbocycles. The molecule has 2 aliphatic heterocycles. The molecule has 3 heterocycles. The number of morpholine rings is 1. The molecule has 0 saturated carbocycles. The quantitative estimate of drug-likeness (QED) is 0.773. The van der Waals surface area contributed by atoms with Crippen LogP contribution in [-0.4, -0.2) is 65.2 Å². The van der Waals surface area contributed by atoms with E-state index in [0.29, 0.717) is 37.0 Å². The highest BCUT2D eigenvalue weighted by atomic mass is 19.1. The van der Waals surface area contributed by atoms with E-state index in [1.54, 1.807) is 24.1 Å². The minimum atomic E-state index is -0.377. The van der Waals surface area contributed by atoms with E-state index in [1.165, 1.54) is 28.8 Å². The summed E-state index contributed by atoms with van der Waals surface area (Å²) in [5.41, 5.74) is 0.979. The summed E-state index contributed by atoms with van der Waals surface area (Å²) in [7, 11) is 0. The Morgan fingerprint density at radius 2 is 1.93 bits per heavy atom. The van der Waals surface area contributed by atoms with Crippen molar-refractivity contribution in [1.82, 2.24) is 14.4 Å². The van der Waals surface area contributed by atoms with Gasteiger partial charge in [0.1, 0.15) is 11.4 Å². The Labute approximate surface area is 175 Å². The van der Waals surface area contributed by atoms with Gasteiger partial charge in [0.2, 0.25) is 0 Å². The minimum absolute atomic E-state index is 0.163. The van der Waals surface area contributed by atoms with Gasteiger partial charge in [-0.15, -0.1) is 0 Å². The smallest absolute Gasteiger partial charge is 0.268 e. The summed E-state index contributed by atoms with van der Waals surface area (Å²) in [5.74, 6) is -0.615. The first-order chi connectivity index (χ1) is 14.5. The number of aromatic nitrogens is 1. The van der Waals surface area contributed by atoms with Gasteiger partial charge in [-0.2, -0.15) is 0 Å². The van der Waals surface area contributed by atoms with Crippen molar-refractivity contribution in [3.8, 4) is 5.69 Å². The molecule has 160 valence electrons. The van der Waals surface area contributed by atoms with Crippen LogP contribution >= 0.6 is 0 Å². The number of carbonyl (C=O) groups excluding carboxylic acids is 1. The maximum Gasteiger partial charge on any atom is 0.268 e. The summed E-state index contributed by atoms with van der Waals surface area (Å²) >= 11 is 0. The second-order valence-electron chi connectivity index (χ2n) is 8.15. The van der Waals surface area contributed by atoms with Crippen molar-refractivity contribution in [3.05, 3.63) is 63.8 Å². The van der Waals surface area contributed by atoms with Gasteiger partial charge in [-0.05, 0) is 49.2 Å². The summed E-state index contributed by atoms with van der Waals surface area (Å²) in [4.78, 5) is 30.8. The molecular formula is C23H28FN3O3. The topological polar surface area (TPSA) is 54.8 Å². The lowest BCUT2D eigenvalue weighted by atomic mass is 10.0. The molecule has 7 heteroatoms. The van der Waals surface area contributed by atoms with Crippen LogP contribution in [0.1, 0.15) is 35.7 Å². The van der Waals surface area contributed by atoms with Crippen molar-refractivity contribution in [1.29, 1.82) is 0 Å². The Morgan fingerprint density at radius 1 is 1.17 bits per heavy atom. The average Bonchev–Trinajstić information content (AvgIpc) is 2.75. The highest BCUT2D eigenvalue weighted by Gasteiger charge is 2.37. The fraction of sp³-hybridized carbons (Fsp3) is 0.478. The zero-order valence-electron chi connectivity index (χ0n) is 17.5. The Bertz CT molecular complexity index is 971. The molecule has 0 spiro atoms. The van der Waals surface area contributed by atoms with Crippen LogP contribution in [0.3, 0.4) is 0 Å². The van der Waals surface area contributed by atoms with Gasteiger partial charge in [0.15, 0.2) is 0 Å². The number of halogens is 1. The molecular weight excluding hydrogens is 385 g/mol. The molecule has 2 fully saturated rings. The van der Waals surface area contributed by atoms with Crippen LogP contribution < -0.4 is 5.56 Å². The van der Waals surface area contributed by atoms with Crippen molar-refractivity contribution in [2.45, 2.75) is 38.8 Å². The van der Waals surface area contributed by atoms with E-state index in [2.05, 4.69) is 11.8 Å². The van der Waals surface area contributed by atoms with Crippen LogP contribution in [-0.2, 0) is 4.74 Å². The third-order valence-corrected chi connectivity index (χ3v) is 6.15. The second-order valence-corrected chi connectivity index (χ2v) is 8.15. The molecule has 0 radical (unpaired) electrons. The van der Waals surface area contributed by atoms with Crippen molar-refractivity contribution >= 4 is 5.91 Å². The molecule has 1 aromatic carbocycles. The molecule has 0 bridgehead atoms. The lowest BCUT2D eigenvalue weighted by Crippen LogP contribution is -2.62. The molecule has 4 rings (SSSR count). The molecule has 2 atom stereocenters. The first-order valence-electron chi connectivity index (χ1n) is 10.6. The van der Waals surface area contributed by atoms with Gasteiger partial charge in [0.25, 0.3) is 11.5 Å². The number of aryl methyl sites for hydroxylation is 1. The van der Waals surface area contributed by atoms with Crippen LogP contribution in [0.4, 0.5) is 4.39 Å². The molecule has 1 aromatic heterocycles.